The Labute approximate surface area is 129 Å². The highest BCUT2D eigenvalue weighted by molar-refractivity contribution is 9.12. The van der Waals surface area contributed by atoms with E-state index in [1.54, 1.807) is 0 Å². The molecule has 1 aliphatic rings. The summed E-state index contributed by atoms with van der Waals surface area (Å²) in [5.41, 5.74) is 2.28. The number of aromatic nitrogens is 2. The summed E-state index contributed by atoms with van der Waals surface area (Å²) in [4.78, 5) is 32.5. The molecule has 6 heteroatoms. The summed E-state index contributed by atoms with van der Waals surface area (Å²) in [5.74, 6) is -0.636. The van der Waals surface area contributed by atoms with E-state index in [2.05, 4.69) is 31.2 Å². The highest BCUT2D eigenvalue weighted by Gasteiger charge is 2.32. The Hall–Kier alpha value is -2.34. The molecule has 1 aliphatic carbocycles. The number of Topliss-reactive ketones (excluding diaryl/α,β-unsaturated/α-hetero) is 2. The van der Waals surface area contributed by atoms with Crippen molar-refractivity contribution in [3.8, 4) is 0 Å². The lowest BCUT2D eigenvalue weighted by Gasteiger charge is -2.18. The van der Waals surface area contributed by atoms with Gasteiger partial charge < -0.3 is 5.32 Å². The summed E-state index contributed by atoms with van der Waals surface area (Å²) >= 11 is 3.20. The van der Waals surface area contributed by atoms with Gasteiger partial charge in [0.15, 0.2) is 0 Å². The molecular formula is C15H10BrN3O2. The lowest BCUT2D eigenvalue weighted by molar-refractivity contribution is 0.0979. The van der Waals surface area contributed by atoms with Crippen molar-refractivity contribution in [3.63, 3.8) is 0 Å². The second kappa shape index (κ2) is 5.21. The topological polar surface area (TPSA) is 72.0 Å². The summed E-state index contributed by atoms with van der Waals surface area (Å²) < 4.78 is 0.182. The molecule has 0 saturated carbocycles. The number of carbonyl (C=O) groups excluding carboxylic acids is 2. The average Bonchev–Trinajstić information content (AvgIpc) is 2.51. The number of nitrogens with one attached hydrogen (secondary N) is 1. The number of nitrogens with zero attached hydrogens (tertiary/aromatic N) is 2. The number of para-hydroxylation sites is 1. The van der Waals surface area contributed by atoms with E-state index in [1.807, 2.05) is 31.2 Å². The molecule has 0 aliphatic heterocycles. The molecule has 0 unspecified atom stereocenters. The molecule has 5 nitrogen and oxygen atoms in total. The fourth-order valence-corrected chi connectivity index (χ4v) is 2.55. The van der Waals surface area contributed by atoms with Crippen LogP contribution in [0.1, 0.15) is 26.4 Å². The van der Waals surface area contributed by atoms with E-state index in [0.29, 0.717) is 0 Å². The highest BCUT2D eigenvalue weighted by atomic mass is 79.9. The molecule has 0 fully saturated rings. The number of fused-ring (bicyclic) bond motifs is 1. The fourth-order valence-electron chi connectivity index (χ4n) is 2.09. The number of rotatable bonds is 2. The van der Waals surface area contributed by atoms with Gasteiger partial charge in [0.25, 0.3) is 0 Å². The Morgan fingerprint density at radius 2 is 1.90 bits per heavy atom. The number of benzene rings is 1. The fraction of sp³-hybridized carbons (Fsp3) is 0.0667. The molecule has 0 amide bonds. The number of ketones is 2. The third-order valence-corrected chi connectivity index (χ3v) is 3.98. The van der Waals surface area contributed by atoms with Crippen LogP contribution in [0.3, 0.4) is 0 Å². The van der Waals surface area contributed by atoms with Gasteiger partial charge in [-0.2, -0.15) is 0 Å². The Balaban J connectivity index is 2.07. The van der Waals surface area contributed by atoms with Gasteiger partial charge in [0, 0.05) is 11.9 Å². The predicted octanol–water partition coefficient (Wildman–Crippen LogP) is 2.88. The minimum Gasteiger partial charge on any atom is -0.351 e. The molecule has 0 radical (unpaired) electrons. The van der Waals surface area contributed by atoms with Gasteiger partial charge in [-0.15, -0.1) is 0 Å². The summed E-state index contributed by atoms with van der Waals surface area (Å²) in [5, 5.41) is 3.03. The van der Waals surface area contributed by atoms with Crippen molar-refractivity contribution in [1.82, 2.24) is 9.97 Å². The van der Waals surface area contributed by atoms with E-state index in [4.69, 9.17) is 0 Å². The Morgan fingerprint density at radius 1 is 1.14 bits per heavy atom. The van der Waals surface area contributed by atoms with E-state index in [-0.39, 0.29) is 33.0 Å². The quantitative estimate of drug-likeness (QED) is 0.907. The zero-order chi connectivity index (χ0) is 15.0. The molecule has 1 heterocycles. The molecule has 3 rings (SSSR count). The first-order chi connectivity index (χ1) is 10.1. The normalized spacial score (nSPS) is 14.2. The van der Waals surface area contributed by atoms with Crippen LogP contribution < -0.4 is 5.32 Å². The lowest BCUT2D eigenvalue weighted by Crippen LogP contribution is -2.25. The van der Waals surface area contributed by atoms with E-state index in [0.717, 1.165) is 11.3 Å². The van der Waals surface area contributed by atoms with Crippen molar-refractivity contribution in [1.29, 1.82) is 0 Å². The smallest absolute Gasteiger partial charge is 0.221 e. The summed E-state index contributed by atoms with van der Waals surface area (Å²) in [6.45, 7) is 1.92. The van der Waals surface area contributed by atoms with Crippen LogP contribution in [0.4, 0.5) is 5.69 Å². The number of hydrogen-bond acceptors (Lipinski definition) is 5. The first-order valence-electron chi connectivity index (χ1n) is 6.21. The zero-order valence-electron chi connectivity index (χ0n) is 11.1. The van der Waals surface area contributed by atoms with E-state index in [1.165, 1.54) is 12.5 Å². The Bertz CT molecular complexity index is 799. The minimum absolute atomic E-state index is 0.122. The largest absolute Gasteiger partial charge is 0.351 e. The lowest BCUT2D eigenvalue weighted by atomic mass is 9.98. The Kier molecular flexibility index (Phi) is 3.39. The van der Waals surface area contributed by atoms with Crippen molar-refractivity contribution < 1.29 is 9.59 Å². The van der Waals surface area contributed by atoms with Gasteiger partial charge >= 0.3 is 0 Å². The SMILES string of the molecule is Cc1ccccc1NC1=C(Br)C(=O)c2ncncc2C1=O. The first-order valence-corrected chi connectivity index (χ1v) is 7.00. The van der Waals surface area contributed by atoms with Crippen LogP contribution in [0.5, 0.6) is 0 Å². The summed E-state index contributed by atoms with van der Waals surface area (Å²) in [7, 11) is 0. The van der Waals surface area contributed by atoms with Crippen LogP contribution in [0.25, 0.3) is 0 Å². The van der Waals surface area contributed by atoms with Gasteiger partial charge in [-0.05, 0) is 34.5 Å². The van der Waals surface area contributed by atoms with E-state index < -0.39 is 0 Å². The number of carbonyl (C=O) groups is 2. The molecule has 21 heavy (non-hydrogen) atoms. The highest BCUT2D eigenvalue weighted by Crippen LogP contribution is 2.29. The number of allylic oxidation sites excluding steroid dienone is 2. The minimum atomic E-state index is -0.330. The maximum absolute atomic E-state index is 12.5. The summed E-state index contributed by atoms with van der Waals surface area (Å²) in [6, 6.07) is 7.53. The molecule has 1 aromatic heterocycles. The molecule has 104 valence electrons. The number of halogens is 1. The van der Waals surface area contributed by atoms with Crippen molar-refractivity contribution >= 4 is 33.2 Å². The molecule has 1 N–H and O–H groups in total. The van der Waals surface area contributed by atoms with Crippen molar-refractivity contribution in [2.45, 2.75) is 6.92 Å². The zero-order valence-corrected chi connectivity index (χ0v) is 12.6. The van der Waals surface area contributed by atoms with Gasteiger partial charge in [-0.25, -0.2) is 9.97 Å². The van der Waals surface area contributed by atoms with Crippen LogP contribution in [0, 0.1) is 6.92 Å². The number of aryl methyl sites for hydroxylation is 1. The van der Waals surface area contributed by atoms with Crippen molar-refractivity contribution in [2.75, 3.05) is 5.32 Å². The van der Waals surface area contributed by atoms with Crippen LogP contribution in [0.2, 0.25) is 0 Å². The number of anilines is 1. The second-order valence-electron chi connectivity index (χ2n) is 4.57. The van der Waals surface area contributed by atoms with Crippen LogP contribution >= 0.6 is 15.9 Å². The van der Waals surface area contributed by atoms with E-state index in [9.17, 15) is 9.59 Å². The van der Waals surface area contributed by atoms with Crippen molar-refractivity contribution in [2.24, 2.45) is 0 Å². The summed E-state index contributed by atoms with van der Waals surface area (Å²) in [6.07, 6.45) is 2.62. The Morgan fingerprint density at radius 3 is 2.67 bits per heavy atom. The molecular weight excluding hydrogens is 334 g/mol. The molecule has 0 bridgehead atoms. The monoisotopic (exact) mass is 343 g/mol. The van der Waals surface area contributed by atoms with Gasteiger partial charge in [0.05, 0.1) is 10.0 Å². The van der Waals surface area contributed by atoms with Crippen molar-refractivity contribution in [3.05, 3.63) is 63.8 Å². The molecule has 1 aromatic carbocycles. The van der Waals surface area contributed by atoms with Crippen LogP contribution in [-0.2, 0) is 0 Å². The predicted molar refractivity (Wildman–Crippen MR) is 81.4 cm³/mol. The average molecular weight is 344 g/mol. The molecule has 0 spiro atoms. The van der Waals surface area contributed by atoms with Crippen LogP contribution in [-0.4, -0.2) is 21.5 Å². The van der Waals surface area contributed by atoms with Gasteiger partial charge in [-0.1, -0.05) is 18.2 Å². The third kappa shape index (κ3) is 2.27. The van der Waals surface area contributed by atoms with Crippen LogP contribution in [0.15, 0.2) is 47.0 Å². The van der Waals surface area contributed by atoms with E-state index >= 15 is 0 Å². The first kappa shape index (κ1) is 13.6. The van der Waals surface area contributed by atoms with Gasteiger partial charge in [0.1, 0.15) is 17.7 Å². The third-order valence-electron chi connectivity index (χ3n) is 3.22. The molecule has 2 aromatic rings. The maximum Gasteiger partial charge on any atom is 0.221 e. The van der Waals surface area contributed by atoms with Gasteiger partial charge in [0.2, 0.25) is 11.6 Å². The second-order valence-corrected chi connectivity index (χ2v) is 5.37. The van der Waals surface area contributed by atoms with Gasteiger partial charge in [-0.3, -0.25) is 9.59 Å². The molecule has 0 atom stereocenters. The maximum atomic E-state index is 12.5. The molecule has 0 saturated heterocycles. The standard InChI is InChI=1S/C15H10BrN3O2/c1-8-4-2-3-5-10(8)19-13-11(16)15(21)12-9(14(13)20)6-17-7-18-12/h2-7,19H,1H3. The number of hydrogen-bond donors (Lipinski definition) is 1.